The highest BCUT2D eigenvalue weighted by molar-refractivity contribution is 5.77. The molecule has 0 saturated carbocycles. The van der Waals surface area contributed by atoms with Gasteiger partial charge in [0.2, 0.25) is 0 Å². The van der Waals surface area contributed by atoms with Crippen molar-refractivity contribution >= 4 is 11.5 Å². The summed E-state index contributed by atoms with van der Waals surface area (Å²) in [5.41, 5.74) is 6.15. The Morgan fingerprint density at radius 2 is 1.79 bits per heavy atom. The zero-order chi connectivity index (χ0) is 14.3. The number of amidine groups is 1. The average molecular weight is 273 g/mol. The van der Waals surface area contributed by atoms with Gasteiger partial charge in [-0.25, -0.2) is 0 Å². The van der Waals surface area contributed by atoms with E-state index >= 15 is 0 Å². The first-order chi connectivity index (χ1) is 8.88. The fourth-order valence-electron chi connectivity index (χ4n) is 1.73. The van der Waals surface area contributed by atoms with E-state index in [2.05, 4.69) is 0 Å². The van der Waals surface area contributed by atoms with Gasteiger partial charge in [-0.05, 0) is 18.6 Å². The number of benzene rings is 1. The van der Waals surface area contributed by atoms with Crippen LogP contribution in [0.1, 0.15) is 19.3 Å². The molecule has 0 aliphatic heterocycles. The molecule has 0 spiro atoms. The molecule has 3 N–H and O–H groups in total. The summed E-state index contributed by atoms with van der Waals surface area (Å²) >= 11 is 0. The molecule has 0 aliphatic carbocycles. The van der Waals surface area contributed by atoms with E-state index in [1.807, 2.05) is 35.2 Å². The Morgan fingerprint density at radius 3 is 2.32 bits per heavy atom. The largest absolute Gasteiger partial charge is 0.389 e. The Labute approximate surface area is 110 Å². The molecule has 0 bridgehead atoms. The van der Waals surface area contributed by atoms with E-state index in [9.17, 15) is 13.2 Å². The number of rotatable bonds is 7. The number of nitrogens with zero attached hydrogens (tertiary/aromatic N) is 1. The van der Waals surface area contributed by atoms with Crippen LogP contribution in [0.15, 0.2) is 30.3 Å². The highest BCUT2D eigenvalue weighted by Crippen LogP contribution is 2.22. The standard InChI is InChI=1S/C13H18F3N3/c14-13(15,16)8-4-9-19(10-7-12(17)18)11-5-2-1-3-6-11/h1-3,5-6H,4,7-10H2,(H3,17,18). The van der Waals surface area contributed by atoms with Crippen molar-refractivity contribution in [3.05, 3.63) is 30.3 Å². The molecule has 0 saturated heterocycles. The van der Waals surface area contributed by atoms with Gasteiger partial charge in [0.15, 0.2) is 0 Å². The van der Waals surface area contributed by atoms with Gasteiger partial charge >= 0.3 is 6.18 Å². The van der Waals surface area contributed by atoms with Gasteiger partial charge in [0.05, 0.1) is 5.84 Å². The lowest BCUT2D eigenvalue weighted by Gasteiger charge is -2.25. The first-order valence-electron chi connectivity index (χ1n) is 6.08. The Kier molecular flexibility index (Phi) is 5.66. The molecule has 0 aromatic heterocycles. The summed E-state index contributed by atoms with van der Waals surface area (Å²) in [4.78, 5) is 1.83. The highest BCUT2D eigenvalue weighted by Gasteiger charge is 2.26. The summed E-state index contributed by atoms with van der Waals surface area (Å²) in [7, 11) is 0. The zero-order valence-corrected chi connectivity index (χ0v) is 10.6. The third kappa shape index (κ3) is 6.69. The topological polar surface area (TPSA) is 53.1 Å². The Balaban J connectivity index is 2.57. The van der Waals surface area contributed by atoms with Gasteiger partial charge in [0.25, 0.3) is 0 Å². The van der Waals surface area contributed by atoms with Crippen LogP contribution in [0, 0.1) is 5.41 Å². The molecule has 0 radical (unpaired) electrons. The van der Waals surface area contributed by atoms with Gasteiger partial charge in [-0.15, -0.1) is 0 Å². The third-order valence-corrected chi connectivity index (χ3v) is 2.66. The number of hydrogen-bond acceptors (Lipinski definition) is 2. The molecule has 3 nitrogen and oxygen atoms in total. The fourth-order valence-corrected chi connectivity index (χ4v) is 1.73. The van der Waals surface area contributed by atoms with Crippen LogP contribution in [0.3, 0.4) is 0 Å². The minimum atomic E-state index is -4.12. The predicted molar refractivity (Wildman–Crippen MR) is 70.5 cm³/mol. The van der Waals surface area contributed by atoms with Gasteiger partial charge in [-0.3, -0.25) is 5.41 Å². The molecular formula is C13H18F3N3. The molecule has 0 fully saturated rings. The van der Waals surface area contributed by atoms with Crippen molar-refractivity contribution in [3.8, 4) is 0 Å². The second-order valence-corrected chi connectivity index (χ2v) is 4.32. The van der Waals surface area contributed by atoms with Crippen LogP contribution < -0.4 is 10.6 Å². The van der Waals surface area contributed by atoms with Gasteiger partial charge in [0, 0.05) is 31.6 Å². The van der Waals surface area contributed by atoms with E-state index in [4.69, 9.17) is 11.1 Å². The molecule has 1 aromatic rings. The van der Waals surface area contributed by atoms with Crippen LogP contribution in [-0.4, -0.2) is 25.1 Å². The highest BCUT2D eigenvalue weighted by atomic mass is 19.4. The molecule has 0 aliphatic rings. The zero-order valence-electron chi connectivity index (χ0n) is 10.6. The SMILES string of the molecule is N=C(N)CCN(CCCC(F)(F)F)c1ccccc1. The Morgan fingerprint density at radius 1 is 1.16 bits per heavy atom. The summed E-state index contributed by atoms with van der Waals surface area (Å²) in [6, 6.07) is 9.20. The maximum atomic E-state index is 12.1. The van der Waals surface area contributed by atoms with Crippen molar-refractivity contribution in [1.82, 2.24) is 0 Å². The van der Waals surface area contributed by atoms with E-state index in [0.29, 0.717) is 19.5 Å². The van der Waals surface area contributed by atoms with Gasteiger partial charge in [-0.1, -0.05) is 18.2 Å². The van der Waals surface area contributed by atoms with E-state index in [1.54, 1.807) is 0 Å². The van der Waals surface area contributed by atoms with Crippen molar-refractivity contribution in [2.24, 2.45) is 5.73 Å². The van der Waals surface area contributed by atoms with Crippen molar-refractivity contribution in [2.45, 2.75) is 25.4 Å². The van der Waals surface area contributed by atoms with Gasteiger partial charge < -0.3 is 10.6 Å². The smallest absolute Gasteiger partial charge is 0.388 e. The predicted octanol–water partition coefficient (Wildman–Crippen LogP) is 3.16. The van der Waals surface area contributed by atoms with E-state index in [-0.39, 0.29) is 12.3 Å². The van der Waals surface area contributed by atoms with Crippen molar-refractivity contribution < 1.29 is 13.2 Å². The molecule has 1 rings (SSSR count). The molecule has 1 aromatic carbocycles. The second kappa shape index (κ2) is 7.01. The lowest BCUT2D eigenvalue weighted by Crippen LogP contribution is -2.29. The molecule has 0 amide bonds. The minimum Gasteiger partial charge on any atom is -0.388 e. The first kappa shape index (κ1) is 15.3. The summed E-state index contributed by atoms with van der Waals surface area (Å²) < 4.78 is 36.4. The lowest BCUT2D eigenvalue weighted by molar-refractivity contribution is -0.135. The minimum absolute atomic E-state index is 0.0380. The van der Waals surface area contributed by atoms with Crippen LogP contribution in [0.4, 0.5) is 18.9 Å². The fraction of sp³-hybridized carbons (Fsp3) is 0.462. The number of nitrogens with two attached hydrogens (primary N) is 1. The van der Waals surface area contributed by atoms with E-state index in [0.717, 1.165) is 5.69 Å². The van der Waals surface area contributed by atoms with E-state index < -0.39 is 12.6 Å². The van der Waals surface area contributed by atoms with Crippen LogP contribution in [-0.2, 0) is 0 Å². The van der Waals surface area contributed by atoms with Crippen LogP contribution in [0.2, 0.25) is 0 Å². The van der Waals surface area contributed by atoms with Crippen LogP contribution in [0.25, 0.3) is 0 Å². The number of hydrogen-bond donors (Lipinski definition) is 2. The number of halogens is 3. The molecule has 0 atom stereocenters. The molecule has 106 valence electrons. The number of para-hydroxylation sites is 1. The summed E-state index contributed by atoms with van der Waals surface area (Å²) in [6.45, 7) is 0.758. The first-order valence-corrected chi connectivity index (χ1v) is 6.08. The van der Waals surface area contributed by atoms with Crippen molar-refractivity contribution in [2.75, 3.05) is 18.0 Å². The molecule has 19 heavy (non-hydrogen) atoms. The second-order valence-electron chi connectivity index (χ2n) is 4.32. The van der Waals surface area contributed by atoms with Crippen LogP contribution in [0.5, 0.6) is 0 Å². The quantitative estimate of drug-likeness (QED) is 0.592. The van der Waals surface area contributed by atoms with Crippen molar-refractivity contribution in [3.63, 3.8) is 0 Å². The maximum Gasteiger partial charge on any atom is 0.389 e. The normalized spacial score (nSPS) is 11.3. The Bertz CT molecular complexity index is 390. The molecule has 6 heteroatoms. The Hall–Kier alpha value is -1.72. The van der Waals surface area contributed by atoms with Crippen LogP contribution >= 0.6 is 0 Å². The average Bonchev–Trinajstić information content (AvgIpc) is 2.33. The van der Waals surface area contributed by atoms with Gasteiger partial charge in [-0.2, -0.15) is 13.2 Å². The molecule has 0 heterocycles. The maximum absolute atomic E-state index is 12.1. The number of nitrogens with one attached hydrogen (secondary N) is 1. The molecule has 0 unspecified atom stereocenters. The summed E-state index contributed by atoms with van der Waals surface area (Å²) in [6.07, 6.45) is -4.53. The van der Waals surface area contributed by atoms with Crippen molar-refractivity contribution in [1.29, 1.82) is 5.41 Å². The number of anilines is 1. The van der Waals surface area contributed by atoms with E-state index in [1.165, 1.54) is 0 Å². The lowest BCUT2D eigenvalue weighted by atomic mass is 10.2. The monoisotopic (exact) mass is 273 g/mol. The molecular weight excluding hydrogens is 255 g/mol. The van der Waals surface area contributed by atoms with Gasteiger partial charge in [0.1, 0.15) is 0 Å². The summed E-state index contributed by atoms with van der Waals surface area (Å²) in [5, 5.41) is 7.20. The third-order valence-electron chi connectivity index (χ3n) is 2.66. The number of alkyl halides is 3. The summed E-state index contributed by atoms with van der Waals surface area (Å²) in [5.74, 6) is 0.0387.